The Morgan fingerprint density at radius 1 is 1.44 bits per heavy atom. The molecule has 1 saturated carbocycles. The maximum atomic E-state index is 11.9. The van der Waals surface area contributed by atoms with Crippen molar-refractivity contribution in [2.24, 2.45) is 0 Å². The quantitative estimate of drug-likeness (QED) is 0.862. The number of halogens is 2. The van der Waals surface area contributed by atoms with Crippen LogP contribution in [0.4, 0.5) is 6.01 Å². The summed E-state index contributed by atoms with van der Waals surface area (Å²) in [5.74, 6) is 0.740. The molecule has 0 saturated heterocycles. The fourth-order valence-electron chi connectivity index (χ4n) is 1.40. The molecule has 3 rings (SSSR count). The van der Waals surface area contributed by atoms with Gasteiger partial charge in [0, 0.05) is 10.4 Å². The zero-order valence-corrected chi connectivity index (χ0v) is 12.9. The molecule has 0 atom stereocenters. The van der Waals surface area contributed by atoms with Gasteiger partial charge in [-0.3, -0.25) is 10.1 Å². The van der Waals surface area contributed by atoms with E-state index in [1.165, 1.54) is 11.3 Å². The topological polar surface area (TPSA) is 68.0 Å². The minimum absolute atomic E-state index is 0.155. The van der Waals surface area contributed by atoms with Crippen molar-refractivity contribution < 1.29 is 9.21 Å². The highest BCUT2D eigenvalue weighted by molar-refractivity contribution is 9.13. The highest BCUT2D eigenvalue weighted by Crippen LogP contribution is 2.39. The molecule has 0 aliphatic heterocycles. The summed E-state index contributed by atoms with van der Waals surface area (Å²) in [7, 11) is 0. The van der Waals surface area contributed by atoms with Crippen LogP contribution in [0.2, 0.25) is 0 Å². The van der Waals surface area contributed by atoms with Gasteiger partial charge in [-0.2, -0.15) is 0 Å². The molecular weight excluding hydrogens is 386 g/mol. The molecule has 5 nitrogen and oxygen atoms in total. The van der Waals surface area contributed by atoms with Crippen LogP contribution in [0.5, 0.6) is 0 Å². The van der Waals surface area contributed by atoms with E-state index in [0.717, 1.165) is 21.1 Å². The van der Waals surface area contributed by atoms with Gasteiger partial charge in [0.15, 0.2) is 0 Å². The van der Waals surface area contributed by atoms with Crippen LogP contribution in [0.25, 0.3) is 0 Å². The molecule has 0 spiro atoms. The Morgan fingerprint density at radius 3 is 2.83 bits per heavy atom. The summed E-state index contributed by atoms with van der Waals surface area (Å²) in [6.45, 7) is 0. The van der Waals surface area contributed by atoms with Gasteiger partial charge >= 0.3 is 6.01 Å². The Hall–Kier alpha value is -0.730. The van der Waals surface area contributed by atoms with Gasteiger partial charge in [-0.05, 0) is 50.8 Å². The summed E-state index contributed by atoms with van der Waals surface area (Å²) in [6, 6.07) is 1.89. The normalized spacial score (nSPS) is 14.8. The van der Waals surface area contributed by atoms with Gasteiger partial charge in [-0.25, -0.2) is 0 Å². The standard InChI is InChI=1S/C10H7Br2N3O2S/c11-5-3-6(18-7(5)12)8(16)13-10-15-14-9(17-10)4-1-2-4/h3-4H,1-2H2,(H,13,15,16). The first kappa shape index (κ1) is 12.3. The van der Waals surface area contributed by atoms with Crippen molar-refractivity contribution in [3.8, 4) is 0 Å². The highest BCUT2D eigenvalue weighted by Gasteiger charge is 2.29. The first-order chi connectivity index (χ1) is 8.63. The Bertz CT molecular complexity index is 587. The molecule has 2 aromatic heterocycles. The second-order valence-corrected chi connectivity index (χ2v) is 7.13. The van der Waals surface area contributed by atoms with Crippen LogP contribution < -0.4 is 5.32 Å². The average Bonchev–Trinajstić information content (AvgIpc) is 3.00. The lowest BCUT2D eigenvalue weighted by molar-refractivity contribution is 0.102. The molecule has 2 aromatic rings. The number of hydrogen-bond acceptors (Lipinski definition) is 5. The fraction of sp³-hybridized carbons (Fsp3) is 0.300. The smallest absolute Gasteiger partial charge is 0.322 e. The van der Waals surface area contributed by atoms with Gasteiger partial charge in [-0.15, -0.1) is 16.4 Å². The summed E-state index contributed by atoms with van der Waals surface area (Å²) in [5.41, 5.74) is 0. The molecule has 0 aromatic carbocycles. The molecule has 1 aliphatic carbocycles. The van der Waals surface area contributed by atoms with Crippen LogP contribution >= 0.6 is 43.2 Å². The molecular formula is C10H7Br2N3O2S. The highest BCUT2D eigenvalue weighted by atomic mass is 79.9. The zero-order valence-electron chi connectivity index (χ0n) is 8.94. The number of carbonyl (C=O) groups excluding carboxylic acids is 1. The van der Waals surface area contributed by atoms with Crippen LogP contribution in [0.1, 0.15) is 34.3 Å². The molecule has 18 heavy (non-hydrogen) atoms. The SMILES string of the molecule is O=C(Nc1nnc(C2CC2)o1)c1cc(Br)c(Br)s1. The third-order valence-electron chi connectivity index (χ3n) is 2.46. The molecule has 0 radical (unpaired) electrons. The zero-order chi connectivity index (χ0) is 12.7. The van der Waals surface area contributed by atoms with E-state index in [1.807, 2.05) is 0 Å². The van der Waals surface area contributed by atoms with E-state index < -0.39 is 0 Å². The lowest BCUT2D eigenvalue weighted by Crippen LogP contribution is -2.10. The maximum absolute atomic E-state index is 11.9. The molecule has 1 N–H and O–H groups in total. The monoisotopic (exact) mass is 391 g/mol. The lowest BCUT2D eigenvalue weighted by atomic mass is 10.4. The molecule has 1 aliphatic rings. The summed E-state index contributed by atoms with van der Waals surface area (Å²) in [5, 5.41) is 10.3. The summed E-state index contributed by atoms with van der Waals surface area (Å²) >= 11 is 8.01. The van der Waals surface area contributed by atoms with E-state index in [9.17, 15) is 4.79 Å². The molecule has 2 heterocycles. The van der Waals surface area contributed by atoms with Crippen LogP contribution in [-0.2, 0) is 0 Å². The number of amides is 1. The first-order valence-electron chi connectivity index (χ1n) is 5.23. The average molecular weight is 393 g/mol. The lowest BCUT2D eigenvalue weighted by Gasteiger charge is -1.95. The van der Waals surface area contributed by atoms with E-state index in [2.05, 4.69) is 47.4 Å². The fourth-order valence-corrected chi connectivity index (χ4v) is 3.33. The second kappa shape index (κ2) is 4.75. The predicted octanol–water partition coefficient (Wildman–Crippen LogP) is 3.79. The van der Waals surface area contributed by atoms with Gasteiger partial charge < -0.3 is 4.42 Å². The summed E-state index contributed by atoms with van der Waals surface area (Å²) in [6.07, 6.45) is 2.17. The Labute approximate surface area is 123 Å². The third kappa shape index (κ3) is 2.50. The molecule has 0 bridgehead atoms. The first-order valence-corrected chi connectivity index (χ1v) is 7.63. The van der Waals surface area contributed by atoms with Crippen molar-refractivity contribution >= 4 is 55.1 Å². The summed E-state index contributed by atoms with van der Waals surface area (Å²) < 4.78 is 7.08. The molecule has 1 amide bonds. The van der Waals surface area contributed by atoms with Crippen LogP contribution in [0, 0.1) is 0 Å². The molecule has 94 valence electrons. The number of rotatable bonds is 3. The number of carbonyl (C=O) groups is 1. The Balaban J connectivity index is 1.72. The Morgan fingerprint density at radius 2 is 2.22 bits per heavy atom. The van der Waals surface area contributed by atoms with Crippen molar-refractivity contribution in [2.45, 2.75) is 18.8 Å². The molecule has 1 fully saturated rings. The summed E-state index contributed by atoms with van der Waals surface area (Å²) in [4.78, 5) is 12.5. The Kier molecular flexibility index (Phi) is 3.25. The number of thiophene rings is 1. The van der Waals surface area contributed by atoms with Crippen LogP contribution in [0.3, 0.4) is 0 Å². The van der Waals surface area contributed by atoms with Gasteiger partial charge in [0.05, 0.1) is 8.66 Å². The number of nitrogens with zero attached hydrogens (tertiary/aromatic N) is 2. The van der Waals surface area contributed by atoms with E-state index in [0.29, 0.717) is 16.7 Å². The molecule has 0 unspecified atom stereocenters. The van der Waals surface area contributed by atoms with Crippen LogP contribution in [-0.4, -0.2) is 16.1 Å². The van der Waals surface area contributed by atoms with E-state index in [1.54, 1.807) is 6.07 Å². The number of anilines is 1. The van der Waals surface area contributed by atoms with Gasteiger partial charge in [-0.1, -0.05) is 5.10 Å². The largest absolute Gasteiger partial charge is 0.408 e. The van der Waals surface area contributed by atoms with Crippen molar-refractivity contribution in [2.75, 3.05) is 5.32 Å². The minimum Gasteiger partial charge on any atom is -0.408 e. The second-order valence-electron chi connectivity index (χ2n) is 3.91. The maximum Gasteiger partial charge on any atom is 0.322 e. The van der Waals surface area contributed by atoms with E-state index in [4.69, 9.17) is 4.42 Å². The van der Waals surface area contributed by atoms with Gasteiger partial charge in [0.2, 0.25) is 5.89 Å². The van der Waals surface area contributed by atoms with Gasteiger partial charge in [0.25, 0.3) is 5.91 Å². The van der Waals surface area contributed by atoms with Crippen molar-refractivity contribution in [3.05, 3.63) is 25.1 Å². The molecule has 8 heteroatoms. The number of hydrogen-bond donors (Lipinski definition) is 1. The van der Waals surface area contributed by atoms with Crippen molar-refractivity contribution in [1.82, 2.24) is 10.2 Å². The van der Waals surface area contributed by atoms with E-state index in [-0.39, 0.29) is 11.9 Å². The van der Waals surface area contributed by atoms with Crippen molar-refractivity contribution in [3.63, 3.8) is 0 Å². The third-order valence-corrected chi connectivity index (χ3v) is 5.71. The van der Waals surface area contributed by atoms with Crippen molar-refractivity contribution in [1.29, 1.82) is 0 Å². The number of nitrogens with one attached hydrogen (secondary N) is 1. The minimum atomic E-state index is -0.252. The van der Waals surface area contributed by atoms with Crippen LogP contribution in [0.15, 0.2) is 18.7 Å². The predicted molar refractivity (Wildman–Crippen MR) is 73.9 cm³/mol. The van der Waals surface area contributed by atoms with E-state index >= 15 is 0 Å². The number of aromatic nitrogens is 2. The van der Waals surface area contributed by atoms with Gasteiger partial charge in [0.1, 0.15) is 0 Å².